The maximum atomic E-state index is 10.8. The third-order valence-corrected chi connectivity index (χ3v) is 1.95. The highest BCUT2D eigenvalue weighted by Crippen LogP contribution is 2.28. The summed E-state index contributed by atoms with van der Waals surface area (Å²) in [5.41, 5.74) is 0.531. The second-order valence-corrected chi connectivity index (χ2v) is 3.17. The van der Waals surface area contributed by atoms with E-state index in [1.165, 1.54) is 24.3 Å². The number of rotatable bonds is 6. The first-order valence-corrected chi connectivity index (χ1v) is 4.98. The number of hydrogen-bond acceptors (Lipinski definition) is 4. The lowest BCUT2D eigenvalue weighted by Gasteiger charge is -2.04. The van der Waals surface area contributed by atoms with E-state index < -0.39 is 4.92 Å². The third kappa shape index (κ3) is 3.73. The Labute approximate surface area is 98.8 Å². The Morgan fingerprint density at radius 3 is 2.88 bits per heavy atom. The molecule has 0 aromatic heterocycles. The molecule has 0 radical (unpaired) electrons. The fourth-order valence-electron chi connectivity index (χ4n) is 1.24. The van der Waals surface area contributed by atoms with Gasteiger partial charge in [-0.2, -0.15) is 0 Å². The maximum absolute atomic E-state index is 10.8. The standard InChI is InChI=1S/C12H13NO4/c1-2-8-17-12-6-5-10(4-3-7-14)9-11(12)13(15)16/h2-6,9,14H,1,7-8H2/b4-3+. The van der Waals surface area contributed by atoms with Crippen LogP contribution in [-0.2, 0) is 0 Å². The van der Waals surface area contributed by atoms with E-state index >= 15 is 0 Å². The summed E-state index contributed by atoms with van der Waals surface area (Å²) in [6.45, 7) is 3.58. The van der Waals surface area contributed by atoms with Crippen LogP contribution in [0.25, 0.3) is 6.08 Å². The molecule has 0 bridgehead atoms. The van der Waals surface area contributed by atoms with Gasteiger partial charge in [-0.25, -0.2) is 0 Å². The molecule has 5 nitrogen and oxygen atoms in total. The average Bonchev–Trinajstić information content (AvgIpc) is 2.34. The lowest BCUT2D eigenvalue weighted by atomic mass is 10.1. The molecule has 0 aliphatic carbocycles. The molecule has 1 rings (SSSR count). The second kappa shape index (κ2) is 6.44. The van der Waals surface area contributed by atoms with Crippen LogP contribution in [0.4, 0.5) is 5.69 Å². The number of nitro groups is 1. The van der Waals surface area contributed by atoms with E-state index in [4.69, 9.17) is 9.84 Å². The zero-order valence-corrected chi connectivity index (χ0v) is 9.20. The number of ether oxygens (including phenoxy) is 1. The van der Waals surface area contributed by atoms with Crippen molar-refractivity contribution in [2.24, 2.45) is 0 Å². The molecule has 0 amide bonds. The van der Waals surface area contributed by atoms with Gasteiger partial charge in [0.15, 0.2) is 5.75 Å². The van der Waals surface area contributed by atoms with E-state index in [2.05, 4.69) is 6.58 Å². The molecule has 1 aromatic rings. The Morgan fingerprint density at radius 1 is 1.53 bits per heavy atom. The first kappa shape index (κ1) is 12.9. The first-order chi connectivity index (χ1) is 8.19. The molecule has 5 heteroatoms. The lowest BCUT2D eigenvalue weighted by molar-refractivity contribution is -0.385. The van der Waals surface area contributed by atoms with Crippen molar-refractivity contribution in [1.29, 1.82) is 0 Å². The molecule has 0 saturated heterocycles. The number of aliphatic hydroxyl groups is 1. The lowest BCUT2D eigenvalue weighted by Crippen LogP contribution is -1.98. The number of hydrogen-bond donors (Lipinski definition) is 1. The van der Waals surface area contributed by atoms with Gasteiger partial charge in [-0.15, -0.1) is 0 Å². The van der Waals surface area contributed by atoms with Gasteiger partial charge in [-0.3, -0.25) is 10.1 Å². The summed E-state index contributed by atoms with van der Waals surface area (Å²) in [4.78, 5) is 10.3. The number of benzene rings is 1. The highest BCUT2D eigenvalue weighted by molar-refractivity contribution is 5.58. The summed E-state index contributed by atoms with van der Waals surface area (Å²) in [7, 11) is 0. The summed E-state index contributed by atoms with van der Waals surface area (Å²) in [5, 5.41) is 19.5. The summed E-state index contributed by atoms with van der Waals surface area (Å²) < 4.78 is 5.17. The third-order valence-electron chi connectivity index (χ3n) is 1.95. The van der Waals surface area contributed by atoms with Crippen molar-refractivity contribution < 1.29 is 14.8 Å². The number of nitro benzene ring substituents is 1. The Bertz CT molecular complexity index is 440. The van der Waals surface area contributed by atoms with Crippen molar-refractivity contribution in [2.45, 2.75) is 0 Å². The second-order valence-electron chi connectivity index (χ2n) is 3.17. The minimum absolute atomic E-state index is 0.105. The molecule has 90 valence electrons. The van der Waals surface area contributed by atoms with E-state index in [0.29, 0.717) is 5.56 Å². The molecule has 17 heavy (non-hydrogen) atoms. The van der Waals surface area contributed by atoms with Gasteiger partial charge in [0.1, 0.15) is 6.61 Å². The molecule has 0 saturated carbocycles. The van der Waals surface area contributed by atoms with E-state index in [1.54, 1.807) is 12.1 Å². The molecule has 0 aliphatic heterocycles. The molecular formula is C12H13NO4. The summed E-state index contributed by atoms with van der Waals surface area (Å²) in [5.74, 6) is 0.205. The molecular weight excluding hydrogens is 222 g/mol. The van der Waals surface area contributed by atoms with Crippen LogP contribution in [0.1, 0.15) is 5.56 Å². The first-order valence-electron chi connectivity index (χ1n) is 4.98. The Balaban J connectivity index is 3.03. The van der Waals surface area contributed by atoms with Crippen LogP contribution >= 0.6 is 0 Å². The summed E-state index contributed by atoms with van der Waals surface area (Å²) >= 11 is 0. The Kier molecular flexibility index (Phi) is 4.90. The van der Waals surface area contributed by atoms with Crippen molar-refractivity contribution in [1.82, 2.24) is 0 Å². The van der Waals surface area contributed by atoms with E-state index in [1.807, 2.05) is 0 Å². The van der Waals surface area contributed by atoms with Gasteiger partial charge in [0, 0.05) is 6.07 Å². The molecule has 0 spiro atoms. The van der Waals surface area contributed by atoms with Crippen LogP contribution in [0.5, 0.6) is 5.75 Å². The molecule has 1 N–H and O–H groups in total. The highest BCUT2D eigenvalue weighted by atomic mass is 16.6. The molecule has 0 fully saturated rings. The van der Waals surface area contributed by atoms with Gasteiger partial charge < -0.3 is 9.84 Å². The van der Waals surface area contributed by atoms with Crippen LogP contribution in [-0.4, -0.2) is 23.2 Å². The minimum atomic E-state index is -0.505. The Morgan fingerprint density at radius 2 is 2.29 bits per heavy atom. The predicted octanol–water partition coefficient (Wildman–Crippen LogP) is 2.17. The molecule has 0 atom stereocenters. The van der Waals surface area contributed by atoms with Crippen LogP contribution in [0.3, 0.4) is 0 Å². The predicted molar refractivity (Wildman–Crippen MR) is 64.9 cm³/mol. The SMILES string of the molecule is C=CCOc1ccc(/C=C/CO)cc1[N+](=O)[O-]. The van der Waals surface area contributed by atoms with Crippen molar-refractivity contribution >= 4 is 11.8 Å². The summed E-state index contributed by atoms with van der Waals surface area (Å²) in [6.07, 6.45) is 4.62. The van der Waals surface area contributed by atoms with Crippen LogP contribution in [0.2, 0.25) is 0 Å². The zero-order chi connectivity index (χ0) is 12.7. The Hall–Kier alpha value is -2.14. The fraction of sp³-hybridized carbons (Fsp3) is 0.167. The van der Waals surface area contributed by atoms with Gasteiger partial charge in [-0.1, -0.05) is 30.9 Å². The molecule has 0 heterocycles. The molecule has 0 aliphatic rings. The smallest absolute Gasteiger partial charge is 0.311 e. The number of nitrogens with zero attached hydrogens (tertiary/aromatic N) is 1. The normalized spacial score (nSPS) is 10.4. The van der Waals surface area contributed by atoms with Gasteiger partial charge >= 0.3 is 5.69 Å². The zero-order valence-electron chi connectivity index (χ0n) is 9.20. The van der Waals surface area contributed by atoms with Crippen LogP contribution in [0.15, 0.2) is 36.9 Å². The topological polar surface area (TPSA) is 72.6 Å². The quantitative estimate of drug-likeness (QED) is 0.466. The van der Waals surface area contributed by atoms with Crippen molar-refractivity contribution in [3.05, 3.63) is 52.6 Å². The van der Waals surface area contributed by atoms with Crippen LogP contribution < -0.4 is 4.74 Å². The van der Waals surface area contributed by atoms with Gasteiger partial charge in [-0.05, 0) is 11.6 Å². The van der Waals surface area contributed by atoms with Gasteiger partial charge in [0.25, 0.3) is 0 Å². The van der Waals surface area contributed by atoms with Gasteiger partial charge in [0.05, 0.1) is 11.5 Å². The van der Waals surface area contributed by atoms with Gasteiger partial charge in [0.2, 0.25) is 0 Å². The van der Waals surface area contributed by atoms with E-state index in [-0.39, 0.29) is 24.7 Å². The van der Waals surface area contributed by atoms with Crippen molar-refractivity contribution in [3.8, 4) is 5.75 Å². The number of aliphatic hydroxyl groups excluding tert-OH is 1. The molecule has 1 aromatic carbocycles. The van der Waals surface area contributed by atoms with E-state index in [0.717, 1.165) is 0 Å². The van der Waals surface area contributed by atoms with E-state index in [9.17, 15) is 10.1 Å². The minimum Gasteiger partial charge on any atom is -0.483 e. The molecule has 0 unspecified atom stereocenters. The maximum Gasteiger partial charge on any atom is 0.311 e. The summed E-state index contributed by atoms with van der Waals surface area (Å²) in [6, 6.07) is 4.60. The van der Waals surface area contributed by atoms with Crippen LogP contribution in [0, 0.1) is 10.1 Å². The fourth-order valence-corrected chi connectivity index (χ4v) is 1.24. The highest BCUT2D eigenvalue weighted by Gasteiger charge is 2.14. The largest absolute Gasteiger partial charge is 0.483 e. The monoisotopic (exact) mass is 235 g/mol. The average molecular weight is 235 g/mol. The van der Waals surface area contributed by atoms with Crippen molar-refractivity contribution in [3.63, 3.8) is 0 Å². The van der Waals surface area contributed by atoms with Crippen molar-refractivity contribution in [2.75, 3.05) is 13.2 Å².